The summed E-state index contributed by atoms with van der Waals surface area (Å²) in [5, 5.41) is 3.02. The van der Waals surface area contributed by atoms with Gasteiger partial charge in [0.1, 0.15) is 0 Å². The highest BCUT2D eigenvalue weighted by Gasteiger charge is 2.32. The van der Waals surface area contributed by atoms with Gasteiger partial charge in [0.25, 0.3) is 5.91 Å². The van der Waals surface area contributed by atoms with Gasteiger partial charge in [0.05, 0.1) is 30.2 Å². The number of carbonyl (C=O) groups excluding carboxylic acids is 1. The monoisotopic (exact) mass is 398 g/mol. The summed E-state index contributed by atoms with van der Waals surface area (Å²) in [7, 11) is 0. The van der Waals surface area contributed by atoms with Crippen molar-refractivity contribution in [2.24, 2.45) is 0 Å². The minimum atomic E-state index is -4.50. The largest absolute Gasteiger partial charge is 0.416 e. The number of nitrogens with zero attached hydrogens (tertiary/aromatic N) is 1. The Hall–Kier alpha value is -2.25. The van der Waals surface area contributed by atoms with E-state index in [-0.39, 0.29) is 11.3 Å². The number of halogens is 4. The van der Waals surface area contributed by atoms with Gasteiger partial charge in [0.15, 0.2) is 0 Å². The zero-order valence-corrected chi connectivity index (χ0v) is 15.3. The molecule has 27 heavy (non-hydrogen) atoms. The number of amides is 1. The summed E-state index contributed by atoms with van der Waals surface area (Å²) in [5.41, 5.74) is 0.889. The maximum atomic E-state index is 13.1. The third-order valence-corrected chi connectivity index (χ3v) is 4.77. The number of hydrogen-bond donors (Lipinski definition) is 1. The standard InChI is InChI=1S/C19H18ClF3N2O2/c1-12-2-3-13(10-15(12)20)18(26)24-16-11-14(19(21,22)23)4-5-17(16)25-6-8-27-9-7-25/h2-5,10-11H,6-9H2,1H3,(H,24,26). The van der Waals surface area contributed by atoms with Crippen molar-refractivity contribution in [3.63, 3.8) is 0 Å². The zero-order valence-electron chi connectivity index (χ0n) is 14.6. The predicted octanol–water partition coefficient (Wildman–Crippen LogP) is 4.76. The van der Waals surface area contributed by atoms with E-state index in [2.05, 4.69) is 5.32 Å². The van der Waals surface area contributed by atoms with Crippen LogP contribution in [-0.4, -0.2) is 32.2 Å². The van der Waals surface area contributed by atoms with Gasteiger partial charge in [-0.15, -0.1) is 0 Å². The number of anilines is 2. The molecule has 1 heterocycles. The van der Waals surface area contributed by atoms with Gasteiger partial charge in [-0.2, -0.15) is 13.2 Å². The van der Waals surface area contributed by atoms with Gasteiger partial charge in [-0.05, 0) is 42.8 Å². The molecule has 3 rings (SSSR count). The molecule has 1 fully saturated rings. The molecular formula is C19H18ClF3N2O2. The molecule has 0 unspecified atom stereocenters. The number of benzene rings is 2. The van der Waals surface area contributed by atoms with Crippen molar-refractivity contribution < 1.29 is 22.7 Å². The molecule has 1 amide bonds. The van der Waals surface area contributed by atoms with Crippen LogP contribution in [0, 0.1) is 6.92 Å². The van der Waals surface area contributed by atoms with E-state index in [9.17, 15) is 18.0 Å². The Balaban J connectivity index is 1.94. The summed E-state index contributed by atoms with van der Waals surface area (Å²) in [6, 6.07) is 8.12. The number of carbonyl (C=O) groups is 1. The van der Waals surface area contributed by atoms with Crippen LogP contribution in [0.5, 0.6) is 0 Å². The van der Waals surface area contributed by atoms with Crippen LogP contribution in [0.4, 0.5) is 24.5 Å². The number of aryl methyl sites for hydroxylation is 1. The van der Waals surface area contributed by atoms with Crippen LogP contribution in [0.2, 0.25) is 5.02 Å². The molecule has 2 aromatic carbocycles. The zero-order chi connectivity index (χ0) is 19.6. The molecule has 0 spiro atoms. The summed E-state index contributed by atoms with van der Waals surface area (Å²) in [5.74, 6) is -0.522. The minimum absolute atomic E-state index is 0.105. The highest BCUT2D eigenvalue weighted by atomic mass is 35.5. The topological polar surface area (TPSA) is 41.6 Å². The van der Waals surface area contributed by atoms with Crippen molar-refractivity contribution in [2.45, 2.75) is 13.1 Å². The lowest BCUT2D eigenvalue weighted by Gasteiger charge is -2.31. The van der Waals surface area contributed by atoms with Gasteiger partial charge in [-0.3, -0.25) is 4.79 Å². The van der Waals surface area contributed by atoms with E-state index >= 15 is 0 Å². The predicted molar refractivity (Wildman–Crippen MR) is 98.6 cm³/mol. The molecule has 1 saturated heterocycles. The number of rotatable bonds is 3. The Kier molecular flexibility index (Phi) is 5.62. The third-order valence-electron chi connectivity index (χ3n) is 4.36. The van der Waals surface area contributed by atoms with Gasteiger partial charge in [0, 0.05) is 23.7 Å². The lowest BCUT2D eigenvalue weighted by molar-refractivity contribution is -0.137. The second kappa shape index (κ2) is 7.78. The molecule has 2 aromatic rings. The van der Waals surface area contributed by atoms with Gasteiger partial charge in [-0.25, -0.2) is 0 Å². The van der Waals surface area contributed by atoms with Crippen molar-refractivity contribution in [1.29, 1.82) is 0 Å². The Bertz CT molecular complexity index is 849. The van der Waals surface area contributed by atoms with E-state index in [4.69, 9.17) is 16.3 Å². The average molecular weight is 399 g/mol. The number of nitrogens with one attached hydrogen (secondary N) is 1. The molecule has 0 saturated carbocycles. The smallest absolute Gasteiger partial charge is 0.378 e. The lowest BCUT2D eigenvalue weighted by atomic mass is 10.1. The molecular weight excluding hydrogens is 381 g/mol. The molecule has 4 nitrogen and oxygen atoms in total. The summed E-state index contributed by atoms with van der Waals surface area (Å²) in [6.45, 7) is 3.81. The highest BCUT2D eigenvalue weighted by molar-refractivity contribution is 6.31. The van der Waals surface area contributed by atoms with Crippen molar-refractivity contribution in [1.82, 2.24) is 0 Å². The summed E-state index contributed by atoms with van der Waals surface area (Å²) >= 11 is 6.05. The Morgan fingerprint density at radius 2 is 1.85 bits per heavy atom. The van der Waals surface area contributed by atoms with Crippen LogP contribution in [0.1, 0.15) is 21.5 Å². The third kappa shape index (κ3) is 4.54. The Morgan fingerprint density at radius 1 is 1.15 bits per heavy atom. The first-order chi connectivity index (χ1) is 12.8. The molecule has 1 N–H and O–H groups in total. The number of morpholine rings is 1. The highest BCUT2D eigenvalue weighted by Crippen LogP contribution is 2.36. The van der Waals surface area contributed by atoms with Crippen molar-refractivity contribution in [3.05, 3.63) is 58.1 Å². The molecule has 8 heteroatoms. The van der Waals surface area contributed by atoms with Crippen molar-refractivity contribution in [3.8, 4) is 0 Å². The number of hydrogen-bond acceptors (Lipinski definition) is 3. The Morgan fingerprint density at radius 3 is 2.48 bits per heavy atom. The fourth-order valence-corrected chi connectivity index (χ4v) is 3.00. The normalized spacial score (nSPS) is 14.9. The van der Waals surface area contributed by atoms with E-state index in [0.29, 0.717) is 37.0 Å². The fraction of sp³-hybridized carbons (Fsp3) is 0.316. The molecule has 1 aliphatic rings. The van der Waals surface area contributed by atoms with Crippen LogP contribution in [0.15, 0.2) is 36.4 Å². The minimum Gasteiger partial charge on any atom is -0.378 e. The van der Waals surface area contributed by atoms with Crippen LogP contribution >= 0.6 is 11.6 Å². The molecule has 0 aromatic heterocycles. The molecule has 0 bridgehead atoms. The molecule has 0 atom stereocenters. The molecule has 144 valence electrons. The van der Waals surface area contributed by atoms with Gasteiger partial charge in [-0.1, -0.05) is 17.7 Å². The Labute approximate surface area is 159 Å². The van der Waals surface area contributed by atoms with E-state index in [1.807, 2.05) is 4.90 Å². The maximum absolute atomic E-state index is 13.1. The van der Waals surface area contributed by atoms with E-state index in [1.54, 1.807) is 19.1 Å². The van der Waals surface area contributed by atoms with Gasteiger partial charge >= 0.3 is 6.18 Å². The summed E-state index contributed by atoms with van der Waals surface area (Å²) < 4.78 is 44.7. The second-order valence-electron chi connectivity index (χ2n) is 6.25. The van der Waals surface area contributed by atoms with E-state index < -0.39 is 17.6 Å². The van der Waals surface area contributed by atoms with E-state index in [0.717, 1.165) is 17.7 Å². The van der Waals surface area contributed by atoms with Crippen LogP contribution in [0.25, 0.3) is 0 Å². The van der Waals surface area contributed by atoms with Crippen LogP contribution in [0.3, 0.4) is 0 Å². The van der Waals surface area contributed by atoms with E-state index in [1.165, 1.54) is 12.1 Å². The van der Waals surface area contributed by atoms with Crippen LogP contribution < -0.4 is 10.2 Å². The summed E-state index contributed by atoms with van der Waals surface area (Å²) in [6.07, 6.45) is -4.50. The maximum Gasteiger partial charge on any atom is 0.416 e. The molecule has 0 aliphatic carbocycles. The average Bonchev–Trinajstić information content (AvgIpc) is 2.64. The molecule has 0 radical (unpaired) electrons. The number of ether oxygens (including phenoxy) is 1. The van der Waals surface area contributed by atoms with Crippen molar-refractivity contribution >= 4 is 28.9 Å². The molecule has 1 aliphatic heterocycles. The van der Waals surface area contributed by atoms with Crippen LogP contribution in [-0.2, 0) is 10.9 Å². The number of alkyl halides is 3. The first kappa shape index (κ1) is 19.5. The van der Waals surface area contributed by atoms with Crippen molar-refractivity contribution in [2.75, 3.05) is 36.5 Å². The first-order valence-electron chi connectivity index (χ1n) is 8.37. The SMILES string of the molecule is Cc1ccc(C(=O)Nc2cc(C(F)(F)F)ccc2N2CCOCC2)cc1Cl. The summed E-state index contributed by atoms with van der Waals surface area (Å²) in [4.78, 5) is 14.5. The second-order valence-corrected chi connectivity index (χ2v) is 6.65. The lowest BCUT2D eigenvalue weighted by Crippen LogP contribution is -2.36. The first-order valence-corrected chi connectivity index (χ1v) is 8.75. The quantitative estimate of drug-likeness (QED) is 0.810. The van der Waals surface area contributed by atoms with Gasteiger partial charge < -0.3 is 15.0 Å². The van der Waals surface area contributed by atoms with Gasteiger partial charge in [0.2, 0.25) is 0 Å². The fourth-order valence-electron chi connectivity index (χ4n) is 2.82.